The molecule has 0 fully saturated rings. The zero-order valence-corrected chi connectivity index (χ0v) is 9.87. The van der Waals surface area contributed by atoms with Gasteiger partial charge < -0.3 is 21.9 Å². The quantitative estimate of drug-likeness (QED) is 0.572. The fourth-order valence-electron chi connectivity index (χ4n) is 1.70. The van der Waals surface area contributed by atoms with E-state index in [1.54, 1.807) is 0 Å². The molecule has 2 atom stereocenters. The molecule has 0 saturated carbocycles. The van der Waals surface area contributed by atoms with Crippen LogP contribution in [0.4, 0.5) is 4.79 Å². The summed E-state index contributed by atoms with van der Waals surface area (Å²) in [5.41, 5.74) is 12.0. The van der Waals surface area contributed by atoms with Gasteiger partial charge in [0.2, 0.25) is 5.91 Å². The topological polar surface area (TPSA) is 118 Å². The Morgan fingerprint density at radius 2 is 1.89 bits per heavy atom. The van der Waals surface area contributed by atoms with Crippen molar-refractivity contribution in [3.8, 4) is 0 Å². The highest BCUT2D eigenvalue weighted by atomic mass is 16.4. The molecule has 0 aliphatic rings. The van der Waals surface area contributed by atoms with Gasteiger partial charge in [-0.05, 0) is 18.4 Å². The number of carboxylic acid groups (broad SMARTS) is 1. The first-order chi connectivity index (χ1) is 8.49. The molecule has 0 bridgehead atoms. The summed E-state index contributed by atoms with van der Waals surface area (Å²) in [6.07, 6.45) is -0.548. The van der Waals surface area contributed by atoms with Crippen molar-refractivity contribution in [3.63, 3.8) is 0 Å². The van der Waals surface area contributed by atoms with E-state index < -0.39 is 18.0 Å². The third kappa shape index (κ3) is 4.84. The summed E-state index contributed by atoms with van der Waals surface area (Å²) in [7, 11) is 0. The second kappa shape index (κ2) is 6.61. The molecular weight excluding hydrogens is 234 g/mol. The molecule has 0 saturated heterocycles. The lowest BCUT2D eigenvalue weighted by Gasteiger charge is -2.18. The lowest BCUT2D eigenvalue weighted by molar-refractivity contribution is -0.120. The maximum absolute atomic E-state index is 11.1. The van der Waals surface area contributed by atoms with Gasteiger partial charge in [0.15, 0.2) is 0 Å². The largest absolute Gasteiger partial charge is 0.465 e. The van der Waals surface area contributed by atoms with Crippen LogP contribution in [0.2, 0.25) is 0 Å². The molecule has 1 rings (SSSR count). The van der Waals surface area contributed by atoms with Gasteiger partial charge >= 0.3 is 6.09 Å². The van der Waals surface area contributed by atoms with E-state index in [9.17, 15) is 9.59 Å². The number of benzene rings is 1. The number of primary amides is 1. The number of nitrogens with two attached hydrogens (primary N) is 2. The highest BCUT2D eigenvalue weighted by Gasteiger charge is 2.20. The van der Waals surface area contributed by atoms with Crippen molar-refractivity contribution in [3.05, 3.63) is 35.9 Å². The Morgan fingerprint density at radius 1 is 1.28 bits per heavy atom. The number of hydrogen-bond acceptors (Lipinski definition) is 3. The molecule has 98 valence electrons. The molecule has 6 N–H and O–H groups in total. The van der Waals surface area contributed by atoms with E-state index in [4.69, 9.17) is 16.6 Å². The summed E-state index contributed by atoms with van der Waals surface area (Å²) in [4.78, 5) is 21.6. The minimum absolute atomic E-state index is 0.177. The predicted octanol–water partition coefficient (Wildman–Crippen LogP) is 0.0680. The van der Waals surface area contributed by atoms with Gasteiger partial charge in [0.05, 0.1) is 0 Å². The first-order valence-corrected chi connectivity index (χ1v) is 5.57. The second-order valence-electron chi connectivity index (χ2n) is 4.09. The van der Waals surface area contributed by atoms with E-state index in [1.165, 1.54) is 0 Å². The van der Waals surface area contributed by atoms with Crippen LogP contribution in [0.25, 0.3) is 0 Å². The van der Waals surface area contributed by atoms with Crippen LogP contribution in [-0.4, -0.2) is 29.2 Å². The molecule has 1 unspecified atom stereocenters. The number of hydrogen-bond donors (Lipinski definition) is 4. The Balaban J connectivity index is 2.53. The van der Waals surface area contributed by atoms with E-state index in [0.717, 1.165) is 5.56 Å². The van der Waals surface area contributed by atoms with Gasteiger partial charge in [-0.3, -0.25) is 4.79 Å². The fraction of sp³-hybridized carbons (Fsp3) is 0.333. The van der Waals surface area contributed by atoms with E-state index in [-0.39, 0.29) is 12.5 Å². The van der Waals surface area contributed by atoms with Crippen LogP contribution in [0.3, 0.4) is 0 Å². The van der Waals surface area contributed by atoms with Gasteiger partial charge in [0, 0.05) is 6.04 Å². The van der Waals surface area contributed by atoms with Crippen LogP contribution in [-0.2, 0) is 11.2 Å². The summed E-state index contributed by atoms with van der Waals surface area (Å²) in [5, 5.41) is 10.6. The van der Waals surface area contributed by atoms with Crippen LogP contribution < -0.4 is 16.8 Å². The van der Waals surface area contributed by atoms with Crippen LogP contribution in [0.15, 0.2) is 30.3 Å². The molecule has 1 aromatic carbocycles. The fourth-order valence-corrected chi connectivity index (χ4v) is 1.70. The van der Waals surface area contributed by atoms with Gasteiger partial charge in [-0.25, -0.2) is 4.79 Å². The molecule has 0 aliphatic heterocycles. The molecule has 0 heterocycles. The summed E-state index contributed by atoms with van der Waals surface area (Å²) in [6, 6.07) is 8.23. The Kier molecular flexibility index (Phi) is 5.13. The third-order valence-corrected chi connectivity index (χ3v) is 2.52. The average molecular weight is 251 g/mol. The van der Waals surface area contributed by atoms with Crippen molar-refractivity contribution in [1.82, 2.24) is 5.32 Å². The average Bonchev–Trinajstić information content (AvgIpc) is 2.28. The van der Waals surface area contributed by atoms with Gasteiger partial charge in [-0.1, -0.05) is 30.3 Å². The van der Waals surface area contributed by atoms with E-state index >= 15 is 0 Å². The van der Waals surface area contributed by atoms with Gasteiger partial charge in [0.1, 0.15) is 6.04 Å². The maximum atomic E-state index is 11.1. The number of amides is 2. The third-order valence-electron chi connectivity index (χ3n) is 2.52. The zero-order chi connectivity index (χ0) is 13.5. The van der Waals surface area contributed by atoms with Crippen LogP contribution in [0.1, 0.15) is 12.0 Å². The number of rotatable bonds is 6. The van der Waals surface area contributed by atoms with Crippen LogP contribution in [0, 0.1) is 0 Å². The van der Waals surface area contributed by atoms with Crippen LogP contribution >= 0.6 is 0 Å². The summed E-state index contributed by atoms with van der Waals surface area (Å²) in [6.45, 7) is 0. The first-order valence-electron chi connectivity index (χ1n) is 5.57. The van der Waals surface area contributed by atoms with Crippen molar-refractivity contribution in [2.75, 3.05) is 0 Å². The molecule has 2 amide bonds. The normalized spacial score (nSPS) is 13.6. The molecule has 6 nitrogen and oxygen atoms in total. The number of nitrogens with one attached hydrogen (secondary N) is 1. The van der Waals surface area contributed by atoms with E-state index in [1.807, 2.05) is 30.3 Å². The minimum atomic E-state index is -1.29. The molecule has 18 heavy (non-hydrogen) atoms. The first kappa shape index (κ1) is 14.0. The summed E-state index contributed by atoms with van der Waals surface area (Å²) >= 11 is 0. The molecule has 0 spiro atoms. The minimum Gasteiger partial charge on any atom is -0.465 e. The molecule has 0 radical (unpaired) electrons. The highest BCUT2D eigenvalue weighted by molar-refractivity contribution is 5.83. The smallest absolute Gasteiger partial charge is 0.405 e. The van der Waals surface area contributed by atoms with Gasteiger partial charge in [-0.15, -0.1) is 0 Å². The molecular formula is C12H17N3O3. The predicted molar refractivity (Wildman–Crippen MR) is 66.9 cm³/mol. The van der Waals surface area contributed by atoms with Crippen molar-refractivity contribution >= 4 is 12.0 Å². The monoisotopic (exact) mass is 251 g/mol. The van der Waals surface area contributed by atoms with Crippen molar-refractivity contribution < 1.29 is 14.7 Å². The maximum Gasteiger partial charge on any atom is 0.405 e. The molecule has 0 aromatic heterocycles. The Bertz CT molecular complexity index is 408. The Hall–Kier alpha value is -2.08. The highest BCUT2D eigenvalue weighted by Crippen LogP contribution is 2.06. The number of carbonyl (C=O) groups excluding carboxylic acids is 1. The lowest BCUT2D eigenvalue weighted by Crippen LogP contribution is -2.47. The molecule has 1 aromatic rings. The van der Waals surface area contributed by atoms with Gasteiger partial charge in [-0.2, -0.15) is 0 Å². The van der Waals surface area contributed by atoms with Crippen LogP contribution in [0.5, 0.6) is 0 Å². The van der Waals surface area contributed by atoms with E-state index in [0.29, 0.717) is 6.42 Å². The van der Waals surface area contributed by atoms with Gasteiger partial charge in [0.25, 0.3) is 0 Å². The number of carbonyl (C=O) groups is 2. The molecule has 0 aliphatic carbocycles. The second-order valence-corrected chi connectivity index (χ2v) is 4.09. The molecule has 6 heteroatoms. The summed E-state index contributed by atoms with van der Waals surface area (Å²) < 4.78 is 0. The van der Waals surface area contributed by atoms with Crippen molar-refractivity contribution in [2.45, 2.75) is 24.9 Å². The lowest BCUT2D eigenvalue weighted by atomic mass is 10.00. The van der Waals surface area contributed by atoms with Crippen molar-refractivity contribution in [1.29, 1.82) is 0 Å². The van der Waals surface area contributed by atoms with Crippen molar-refractivity contribution in [2.24, 2.45) is 11.5 Å². The van der Waals surface area contributed by atoms with E-state index in [2.05, 4.69) is 5.32 Å². The SMILES string of the molecule is NC(=O)C(C[C@@H](N)Cc1ccccc1)NC(=O)O. The zero-order valence-electron chi connectivity index (χ0n) is 9.87. The summed E-state index contributed by atoms with van der Waals surface area (Å²) in [5.74, 6) is -0.721. The Labute approximate surface area is 105 Å². The standard InChI is InChI=1S/C12H17N3O3/c13-9(6-8-4-2-1-3-5-8)7-10(11(14)16)15-12(17)18/h1-5,9-10,15H,6-7,13H2,(H2,14,16)(H,17,18)/t9-,10?/m0/s1. The Morgan fingerprint density at radius 3 is 2.39 bits per heavy atom.